The lowest BCUT2D eigenvalue weighted by atomic mass is 10.0. The van der Waals surface area contributed by atoms with Crippen molar-refractivity contribution < 1.29 is 9.26 Å². The number of hydrogen-bond acceptors (Lipinski definition) is 5. The van der Waals surface area contributed by atoms with Gasteiger partial charge in [-0.2, -0.15) is 10.2 Å². The van der Waals surface area contributed by atoms with Crippen LogP contribution >= 0.6 is 0 Å². The van der Waals surface area contributed by atoms with Crippen molar-refractivity contribution in [2.75, 3.05) is 6.61 Å². The van der Waals surface area contributed by atoms with Crippen molar-refractivity contribution in [3.63, 3.8) is 0 Å². The zero-order valence-electron chi connectivity index (χ0n) is 12.8. The normalized spacial score (nSPS) is 13.7. The van der Waals surface area contributed by atoms with Gasteiger partial charge < -0.3 is 9.26 Å². The standard InChI is InChI=1S/C16H19N3O2/c1-5-16(4,20-6-2)15-18-14(21-19-15)13-8-7-12(10-17)9-11(13)3/h7-9H,5-6H2,1-4H3. The van der Waals surface area contributed by atoms with E-state index < -0.39 is 5.60 Å². The third kappa shape index (κ3) is 2.96. The van der Waals surface area contributed by atoms with E-state index in [0.717, 1.165) is 17.5 Å². The van der Waals surface area contributed by atoms with Crippen molar-refractivity contribution in [3.05, 3.63) is 35.2 Å². The van der Waals surface area contributed by atoms with E-state index in [1.165, 1.54) is 0 Å². The van der Waals surface area contributed by atoms with Crippen LogP contribution in [0.15, 0.2) is 22.7 Å². The lowest BCUT2D eigenvalue weighted by Gasteiger charge is -2.23. The topological polar surface area (TPSA) is 71.9 Å². The molecule has 1 aromatic carbocycles. The minimum Gasteiger partial charge on any atom is -0.367 e. The van der Waals surface area contributed by atoms with Crippen LogP contribution < -0.4 is 0 Å². The van der Waals surface area contributed by atoms with E-state index in [1.807, 2.05) is 33.8 Å². The predicted octanol–water partition coefficient (Wildman–Crippen LogP) is 3.58. The monoisotopic (exact) mass is 285 g/mol. The summed E-state index contributed by atoms with van der Waals surface area (Å²) in [5, 5.41) is 13.0. The number of nitrogens with zero attached hydrogens (tertiary/aromatic N) is 3. The fourth-order valence-electron chi connectivity index (χ4n) is 2.16. The van der Waals surface area contributed by atoms with E-state index in [0.29, 0.717) is 23.9 Å². The SMILES string of the molecule is CCOC(C)(CC)c1noc(-c2ccc(C#N)cc2C)n1. The summed E-state index contributed by atoms with van der Waals surface area (Å²) in [5.74, 6) is 0.997. The molecule has 1 aromatic heterocycles. The first-order valence-electron chi connectivity index (χ1n) is 7.03. The Balaban J connectivity index is 2.38. The predicted molar refractivity (Wildman–Crippen MR) is 78.5 cm³/mol. The second kappa shape index (κ2) is 6.06. The molecule has 0 amide bonds. The van der Waals surface area contributed by atoms with Crippen LogP contribution in [0.25, 0.3) is 11.5 Å². The number of aryl methyl sites for hydroxylation is 1. The van der Waals surface area contributed by atoms with Gasteiger partial charge in [0.2, 0.25) is 5.82 Å². The molecule has 0 spiro atoms. The molecule has 2 rings (SSSR count). The van der Waals surface area contributed by atoms with Crippen LogP contribution in [-0.4, -0.2) is 16.7 Å². The van der Waals surface area contributed by atoms with Gasteiger partial charge in [-0.25, -0.2) is 0 Å². The van der Waals surface area contributed by atoms with Crippen LogP contribution in [0, 0.1) is 18.3 Å². The van der Waals surface area contributed by atoms with Crippen molar-refractivity contribution >= 4 is 0 Å². The Morgan fingerprint density at radius 1 is 1.38 bits per heavy atom. The van der Waals surface area contributed by atoms with Crippen molar-refractivity contribution in [2.45, 2.75) is 39.7 Å². The van der Waals surface area contributed by atoms with Gasteiger partial charge >= 0.3 is 0 Å². The number of benzene rings is 1. The summed E-state index contributed by atoms with van der Waals surface area (Å²) in [6.07, 6.45) is 0.756. The maximum absolute atomic E-state index is 8.91. The van der Waals surface area contributed by atoms with Crippen molar-refractivity contribution in [2.24, 2.45) is 0 Å². The van der Waals surface area contributed by atoms with Crippen molar-refractivity contribution in [1.29, 1.82) is 5.26 Å². The molecule has 2 aromatic rings. The zero-order valence-corrected chi connectivity index (χ0v) is 12.8. The van der Waals surface area contributed by atoms with E-state index in [-0.39, 0.29) is 0 Å². The second-order valence-electron chi connectivity index (χ2n) is 5.08. The Morgan fingerprint density at radius 2 is 2.14 bits per heavy atom. The van der Waals surface area contributed by atoms with Gasteiger partial charge in [0.25, 0.3) is 5.89 Å². The van der Waals surface area contributed by atoms with Gasteiger partial charge in [-0.05, 0) is 51.0 Å². The van der Waals surface area contributed by atoms with Gasteiger partial charge in [0, 0.05) is 12.2 Å². The number of hydrogen-bond donors (Lipinski definition) is 0. The van der Waals surface area contributed by atoms with Crippen LogP contribution in [0.1, 0.15) is 44.1 Å². The highest BCUT2D eigenvalue weighted by atomic mass is 16.5. The number of nitriles is 1. The summed E-state index contributed by atoms with van der Waals surface area (Å²) >= 11 is 0. The van der Waals surface area contributed by atoms with Gasteiger partial charge in [0.1, 0.15) is 5.60 Å². The smallest absolute Gasteiger partial charge is 0.258 e. The first-order valence-corrected chi connectivity index (χ1v) is 7.03. The lowest BCUT2D eigenvalue weighted by Crippen LogP contribution is -2.26. The quantitative estimate of drug-likeness (QED) is 0.839. The molecule has 0 aliphatic rings. The number of ether oxygens (including phenoxy) is 1. The maximum atomic E-state index is 8.91. The highest BCUT2D eigenvalue weighted by Crippen LogP contribution is 2.29. The summed E-state index contributed by atoms with van der Waals surface area (Å²) in [6.45, 7) is 8.43. The highest BCUT2D eigenvalue weighted by molar-refractivity contribution is 5.60. The summed E-state index contributed by atoms with van der Waals surface area (Å²) in [6, 6.07) is 7.49. The minimum absolute atomic E-state index is 0.450. The van der Waals surface area contributed by atoms with Crippen molar-refractivity contribution in [3.8, 4) is 17.5 Å². The van der Waals surface area contributed by atoms with E-state index in [4.69, 9.17) is 14.5 Å². The van der Waals surface area contributed by atoms with Crippen molar-refractivity contribution in [1.82, 2.24) is 10.1 Å². The molecule has 0 fully saturated rings. The zero-order chi connectivity index (χ0) is 15.5. The largest absolute Gasteiger partial charge is 0.367 e. The van der Waals surface area contributed by atoms with Gasteiger partial charge in [-0.3, -0.25) is 0 Å². The molecule has 1 unspecified atom stereocenters. The Bertz CT molecular complexity index is 672. The molecular formula is C16H19N3O2. The molecule has 0 aliphatic heterocycles. The Kier molecular flexibility index (Phi) is 4.39. The third-order valence-corrected chi connectivity index (χ3v) is 3.62. The fraction of sp³-hybridized carbons (Fsp3) is 0.438. The average molecular weight is 285 g/mol. The van der Waals surface area contributed by atoms with Gasteiger partial charge in [-0.1, -0.05) is 12.1 Å². The molecule has 5 nitrogen and oxygen atoms in total. The first-order chi connectivity index (χ1) is 10.0. The van der Waals surface area contributed by atoms with Crippen LogP contribution in [-0.2, 0) is 10.3 Å². The van der Waals surface area contributed by atoms with Gasteiger partial charge in [-0.15, -0.1) is 0 Å². The first kappa shape index (κ1) is 15.2. The molecule has 5 heteroatoms. The second-order valence-corrected chi connectivity index (χ2v) is 5.08. The fourth-order valence-corrected chi connectivity index (χ4v) is 2.16. The van der Waals surface area contributed by atoms with E-state index in [1.54, 1.807) is 12.1 Å². The van der Waals surface area contributed by atoms with Crippen LogP contribution in [0.5, 0.6) is 0 Å². The molecule has 0 radical (unpaired) electrons. The Hall–Kier alpha value is -2.19. The minimum atomic E-state index is -0.545. The Labute approximate surface area is 124 Å². The summed E-state index contributed by atoms with van der Waals surface area (Å²) < 4.78 is 11.1. The van der Waals surface area contributed by atoms with E-state index in [9.17, 15) is 0 Å². The summed E-state index contributed by atoms with van der Waals surface area (Å²) in [5.41, 5.74) is 1.84. The average Bonchev–Trinajstić information content (AvgIpc) is 2.97. The Morgan fingerprint density at radius 3 is 2.71 bits per heavy atom. The molecule has 21 heavy (non-hydrogen) atoms. The highest BCUT2D eigenvalue weighted by Gasteiger charge is 2.31. The molecule has 0 saturated carbocycles. The van der Waals surface area contributed by atoms with Gasteiger partial charge in [0.15, 0.2) is 0 Å². The van der Waals surface area contributed by atoms with E-state index >= 15 is 0 Å². The summed E-state index contributed by atoms with van der Waals surface area (Å²) in [4.78, 5) is 4.47. The molecule has 1 heterocycles. The van der Waals surface area contributed by atoms with Crippen LogP contribution in [0.3, 0.4) is 0 Å². The molecular weight excluding hydrogens is 266 g/mol. The van der Waals surface area contributed by atoms with E-state index in [2.05, 4.69) is 16.2 Å². The molecule has 110 valence electrons. The number of aromatic nitrogens is 2. The summed E-state index contributed by atoms with van der Waals surface area (Å²) in [7, 11) is 0. The molecule has 0 bridgehead atoms. The number of rotatable bonds is 5. The molecule has 0 saturated heterocycles. The van der Waals surface area contributed by atoms with Crippen LogP contribution in [0.4, 0.5) is 0 Å². The molecule has 1 atom stereocenters. The third-order valence-electron chi connectivity index (χ3n) is 3.62. The molecule has 0 N–H and O–H groups in total. The lowest BCUT2D eigenvalue weighted by molar-refractivity contribution is -0.0403. The van der Waals surface area contributed by atoms with Crippen LogP contribution in [0.2, 0.25) is 0 Å². The molecule has 0 aliphatic carbocycles. The maximum Gasteiger partial charge on any atom is 0.258 e. The van der Waals surface area contributed by atoms with Gasteiger partial charge in [0.05, 0.1) is 11.6 Å².